The van der Waals surface area contributed by atoms with E-state index in [9.17, 15) is 4.79 Å². The zero-order valence-electron chi connectivity index (χ0n) is 14.6. The first-order valence-corrected chi connectivity index (χ1v) is 8.13. The van der Waals surface area contributed by atoms with Gasteiger partial charge in [-0.3, -0.25) is 5.32 Å². The van der Waals surface area contributed by atoms with Gasteiger partial charge in [-0.05, 0) is 30.7 Å². The third kappa shape index (κ3) is 4.21. The molecule has 0 unspecified atom stereocenters. The molecule has 2 aromatic rings. The minimum atomic E-state index is -0.272. The van der Waals surface area contributed by atoms with Crippen molar-refractivity contribution >= 4 is 17.8 Å². The van der Waals surface area contributed by atoms with Crippen molar-refractivity contribution in [1.82, 2.24) is 19.9 Å². The van der Waals surface area contributed by atoms with Gasteiger partial charge < -0.3 is 14.5 Å². The molecular weight excluding hydrogens is 320 g/mol. The molecule has 0 aromatic carbocycles. The number of hydrogen-bond donors (Lipinski definition) is 1. The van der Waals surface area contributed by atoms with Crippen molar-refractivity contribution in [3.05, 3.63) is 41.9 Å². The number of urea groups is 1. The van der Waals surface area contributed by atoms with Crippen LogP contribution < -0.4 is 10.2 Å². The Balaban J connectivity index is 1.68. The number of ether oxygens (including phenoxy) is 1. The molecular formula is C17H22N6O2. The first kappa shape index (κ1) is 17.1. The number of carbonyl (C=O) groups excluding carboxylic acids is 1. The minimum absolute atomic E-state index is 0.187. The predicted molar refractivity (Wildman–Crippen MR) is 94.6 cm³/mol. The lowest BCUT2D eigenvalue weighted by atomic mass is 10.2. The van der Waals surface area contributed by atoms with Gasteiger partial charge in [0.25, 0.3) is 0 Å². The van der Waals surface area contributed by atoms with E-state index in [1.807, 2.05) is 44.1 Å². The smallest absolute Gasteiger partial charge is 0.323 e. The van der Waals surface area contributed by atoms with Crippen LogP contribution in [0.1, 0.15) is 17.4 Å². The zero-order valence-corrected chi connectivity index (χ0v) is 14.6. The summed E-state index contributed by atoms with van der Waals surface area (Å²) in [4.78, 5) is 28.9. The zero-order chi connectivity index (χ0) is 17.8. The quantitative estimate of drug-likeness (QED) is 0.916. The molecule has 25 heavy (non-hydrogen) atoms. The van der Waals surface area contributed by atoms with Crippen LogP contribution in [0.25, 0.3) is 0 Å². The summed E-state index contributed by atoms with van der Waals surface area (Å²) >= 11 is 0. The number of carbonyl (C=O) groups is 1. The normalized spacial score (nSPS) is 17.2. The maximum atomic E-state index is 12.5. The SMILES string of the molecule is Cc1ccnc(NC(=O)N2CCO[C@H](c3ccnc(N(C)C)n3)C2)c1. The Morgan fingerprint density at radius 2 is 2.12 bits per heavy atom. The van der Waals surface area contributed by atoms with E-state index >= 15 is 0 Å². The van der Waals surface area contributed by atoms with Crippen LogP contribution >= 0.6 is 0 Å². The molecule has 1 N–H and O–H groups in total. The van der Waals surface area contributed by atoms with Crippen LogP contribution in [-0.2, 0) is 4.74 Å². The Morgan fingerprint density at radius 1 is 1.32 bits per heavy atom. The van der Waals surface area contributed by atoms with Crippen LogP contribution in [0, 0.1) is 6.92 Å². The van der Waals surface area contributed by atoms with E-state index in [4.69, 9.17) is 4.74 Å². The van der Waals surface area contributed by atoms with Gasteiger partial charge in [0.2, 0.25) is 5.95 Å². The van der Waals surface area contributed by atoms with E-state index in [2.05, 4.69) is 20.3 Å². The molecule has 1 aliphatic heterocycles. The van der Waals surface area contributed by atoms with Crippen LogP contribution in [0.4, 0.5) is 16.6 Å². The third-order valence-corrected chi connectivity index (χ3v) is 3.90. The lowest BCUT2D eigenvalue weighted by Crippen LogP contribution is -2.44. The predicted octanol–water partition coefficient (Wildman–Crippen LogP) is 1.85. The lowest BCUT2D eigenvalue weighted by Gasteiger charge is -2.32. The van der Waals surface area contributed by atoms with Gasteiger partial charge in [-0.25, -0.2) is 19.7 Å². The molecule has 0 saturated carbocycles. The highest BCUT2D eigenvalue weighted by molar-refractivity contribution is 5.88. The molecule has 3 rings (SSSR count). The van der Waals surface area contributed by atoms with Crippen molar-refractivity contribution in [2.45, 2.75) is 13.0 Å². The van der Waals surface area contributed by atoms with Crippen molar-refractivity contribution in [1.29, 1.82) is 0 Å². The van der Waals surface area contributed by atoms with Gasteiger partial charge in [0.15, 0.2) is 0 Å². The van der Waals surface area contributed by atoms with Crippen LogP contribution in [0.2, 0.25) is 0 Å². The second-order valence-corrected chi connectivity index (χ2v) is 6.13. The summed E-state index contributed by atoms with van der Waals surface area (Å²) in [5, 5.41) is 2.83. The molecule has 1 atom stereocenters. The van der Waals surface area contributed by atoms with Crippen molar-refractivity contribution in [3.63, 3.8) is 0 Å². The van der Waals surface area contributed by atoms with E-state index in [0.29, 0.717) is 31.5 Å². The van der Waals surface area contributed by atoms with Gasteiger partial charge in [0.1, 0.15) is 11.9 Å². The van der Waals surface area contributed by atoms with Crippen LogP contribution in [-0.4, -0.2) is 59.7 Å². The van der Waals surface area contributed by atoms with Crippen molar-refractivity contribution in [3.8, 4) is 0 Å². The molecule has 8 nitrogen and oxygen atoms in total. The first-order valence-electron chi connectivity index (χ1n) is 8.13. The Bertz CT molecular complexity index is 751. The fourth-order valence-electron chi connectivity index (χ4n) is 2.56. The number of nitrogens with one attached hydrogen (secondary N) is 1. The van der Waals surface area contributed by atoms with Gasteiger partial charge in [0, 0.05) is 33.0 Å². The highest BCUT2D eigenvalue weighted by Gasteiger charge is 2.27. The van der Waals surface area contributed by atoms with E-state index in [0.717, 1.165) is 11.3 Å². The van der Waals surface area contributed by atoms with E-state index in [1.54, 1.807) is 17.3 Å². The number of pyridine rings is 1. The van der Waals surface area contributed by atoms with Crippen LogP contribution in [0.5, 0.6) is 0 Å². The molecule has 8 heteroatoms. The Hall–Kier alpha value is -2.74. The van der Waals surface area contributed by atoms with Crippen molar-refractivity contribution < 1.29 is 9.53 Å². The maximum Gasteiger partial charge on any atom is 0.323 e. The number of aryl methyl sites for hydroxylation is 1. The fraction of sp³-hybridized carbons (Fsp3) is 0.412. The molecule has 132 valence electrons. The molecule has 0 radical (unpaired) electrons. The van der Waals surface area contributed by atoms with E-state index in [-0.39, 0.29) is 12.1 Å². The van der Waals surface area contributed by atoms with E-state index in [1.165, 1.54) is 0 Å². The molecule has 2 aromatic heterocycles. The third-order valence-electron chi connectivity index (χ3n) is 3.90. The van der Waals surface area contributed by atoms with E-state index < -0.39 is 0 Å². The minimum Gasteiger partial charge on any atom is -0.368 e. The second kappa shape index (κ2) is 7.43. The first-order chi connectivity index (χ1) is 12.0. The summed E-state index contributed by atoms with van der Waals surface area (Å²) < 4.78 is 5.80. The summed E-state index contributed by atoms with van der Waals surface area (Å²) in [7, 11) is 3.77. The van der Waals surface area contributed by atoms with Gasteiger partial charge in [-0.1, -0.05) is 0 Å². The number of anilines is 2. The van der Waals surface area contributed by atoms with Gasteiger partial charge >= 0.3 is 6.03 Å². The average Bonchev–Trinajstić information content (AvgIpc) is 2.62. The summed E-state index contributed by atoms with van der Waals surface area (Å²) in [5.74, 6) is 1.16. The molecule has 1 aliphatic rings. The molecule has 1 saturated heterocycles. The van der Waals surface area contributed by atoms with Gasteiger partial charge in [-0.15, -0.1) is 0 Å². The Labute approximate surface area is 146 Å². The summed E-state index contributed by atoms with van der Waals surface area (Å²) in [5.41, 5.74) is 1.81. The van der Waals surface area contributed by atoms with Crippen LogP contribution in [0.3, 0.4) is 0 Å². The monoisotopic (exact) mass is 342 g/mol. The molecule has 1 fully saturated rings. The highest BCUT2D eigenvalue weighted by Crippen LogP contribution is 2.22. The Kier molecular flexibility index (Phi) is 5.08. The van der Waals surface area contributed by atoms with Crippen LogP contribution in [0.15, 0.2) is 30.6 Å². The average molecular weight is 342 g/mol. The fourth-order valence-corrected chi connectivity index (χ4v) is 2.56. The maximum absolute atomic E-state index is 12.5. The Morgan fingerprint density at radius 3 is 2.88 bits per heavy atom. The molecule has 0 aliphatic carbocycles. The van der Waals surface area contributed by atoms with Gasteiger partial charge in [0.05, 0.1) is 18.8 Å². The highest BCUT2D eigenvalue weighted by atomic mass is 16.5. The number of rotatable bonds is 3. The molecule has 2 amide bonds. The number of aromatic nitrogens is 3. The number of hydrogen-bond acceptors (Lipinski definition) is 6. The summed E-state index contributed by atoms with van der Waals surface area (Å²) in [6, 6.07) is 5.36. The summed E-state index contributed by atoms with van der Waals surface area (Å²) in [6.07, 6.45) is 3.11. The molecule has 0 bridgehead atoms. The van der Waals surface area contributed by atoms with Crippen molar-refractivity contribution in [2.75, 3.05) is 44.0 Å². The number of nitrogens with zero attached hydrogens (tertiary/aromatic N) is 5. The standard InChI is InChI=1S/C17H22N6O2/c1-12-4-6-18-15(10-12)21-17(24)23-8-9-25-14(11-23)13-5-7-19-16(20-13)22(2)3/h4-7,10,14H,8-9,11H2,1-3H3,(H,18,21,24)/t14-/m0/s1. The van der Waals surface area contributed by atoms with Crippen molar-refractivity contribution in [2.24, 2.45) is 0 Å². The number of amides is 2. The second-order valence-electron chi connectivity index (χ2n) is 6.13. The lowest BCUT2D eigenvalue weighted by molar-refractivity contribution is -0.0157. The molecule has 3 heterocycles. The largest absolute Gasteiger partial charge is 0.368 e. The van der Waals surface area contributed by atoms with Gasteiger partial charge in [-0.2, -0.15) is 0 Å². The molecule has 0 spiro atoms. The number of morpholine rings is 1. The summed E-state index contributed by atoms with van der Waals surface area (Å²) in [6.45, 7) is 3.38. The topological polar surface area (TPSA) is 83.5 Å².